The highest BCUT2D eigenvalue weighted by atomic mass is 14.8. The molecule has 0 aliphatic heterocycles. The van der Waals surface area contributed by atoms with Crippen molar-refractivity contribution in [3.05, 3.63) is 134 Å². The lowest BCUT2D eigenvalue weighted by molar-refractivity contribution is 1.31. The third-order valence-electron chi connectivity index (χ3n) is 6.81. The van der Waals surface area contributed by atoms with Gasteiger partial charge in [-0.05, 0) is 36.4 Å². The molecule has 38 heavy (non-hydrogen) atoms. The van der Waals surface area contributed by atoms with E-state index < -0.39 is 0 Å². The van der Waals surface area contributed by atoms with Crippen LogP contribution in [0.25, 0.3) is 66.8 Å². The van der Waals surface area contributed by atoms with E-state index in [1.165, 1.54) is 0 Å². The maximum absolute atomic E-state index is 4.99. The maximum atomic E-state index is 4.99. The van der Waals surface area contributed by atoms with Gasteiger partial charge in [-0.25, -0.2) is 9.97 Å². The number of hydrogen-bond donors (Lipinski definition) is 0. The molecule has 0 radical (unpaired) electrons. The van der Waals surface area contributed by atoms with Crippen molar-refractivity contribution < 1.29 is 0 Å². The zero-order valence-electron chi connectivity index (χ0n) is 20.5. The van der Waals surface area contributed by atoms with Crippen LogP contribution in [0.1, 0.15) is 0 Å². The summed E-state index contributed by atoms with van der Waals surface area (Å²) >= 11 is 0. The number of rotatable bonds is 4. The molecule has 0 amide bonds. The van der Waals surface area contributed by atoms with Gasteiger partial charge in [-0.15, -0.1) is 0 Å². The van der Waals surface area contributed by atoms with E-state index in [-0.39, 0.29) is 0 Å². The van der Waals surface area contributed by atoms with E-state index in [9.17, 15) is 0 Å². The number of nitrogens with zero attached hydrogens (tertiary/aromatic N) is 4. The van der Waals surface area contributed by atoms with Gasteiger partial charge in [0, 0.05) is 45.4 Å². The number of fused-ring (bicyclic) bond motifs is 3. The van der Waals surface area contributed by atoms with Crippen LogP contribution in [0.4, 0.5) is 0 Å². The molecule has 0 atom stereocenters. The van der Waals surface area contributed by atoms with Gasteiger partial charge >= 0.3 is 0 Å². The molecular weight excluding hydrogens is 464 g/mol. The first-order chi connectivity index (χ1) is 18.8. The molecule has 178 valence electrons. The third-order valence-corrected chi connectivity index (χ3v) is 6.81. The lowest BCUT2D eigenvalue weighted by Gasteiger charge is -2.12. The summed E-state index contributed by atoms with van der Waals surface area (Å²) in [6, 6.07) is 41.1. The molecule has 3 aromatic carbocycles. The summed E-state index contributed by atoms with van der Waals surface area (Å²) in [4.78, 5) is 19.5. The molecule has 0 saturated carbocycles. The summed E-state index contributed by atoms with van der Waals surface area (Å²) in [5.74, 6) is 0. The smallest absolute Gasteiger partial charge is 0.0971 e. The summed E-state index contributed by atoms with van der Waals surface area (Å²) in [5, 5.41) is 2.04. The van der Waals surface area contributed by atoms with Crippen molar-refractivity contribution in [3.63, 3.8) is 0 Å². The van der Waals surface area contributed by atoms with Gasteiger partial charge in [-0.2, -0.15) is 0 Å². The first-order valence-electron chi connectivity index (χ1n) is 12.6. The SMILES string of the molecule is c1ccc(-c2cccc(-c3ccnc4c3ccc3c(-c5cccc(-c6ccccc6)n5)ccnc34)n2)cc1. The van der Waals surface area contributed by atoms with E-state index in [0.29, 0.717) is 0 Å². The Labute approximate surface area is 220 Å². The second-order valence-electron chi connectivity index (χ2n) is 9.12. The van der Waals surface area contributed by atoms with E-state index in [0.717, 1.165) is 66.8 Å². The number of pyridine rings is 4. The first-order valence-corrected chi connectivity index (χ1v) is 12.6. The molecule has 0 N–H and O–H groups in total. The fourth-order valence-corrected chi connectivity index (χ4v) is 4.98. The van der Waals surface area contributed by atoms with Crippen LogP contribution in [0, 0.1) is 0 Å². The molecule has 0 unspecified atom stereocenters. The minimum atomic E-state index is 0.855. The monoisotopic (exact) mass is 486 g/mol. The maximum Gasteiger partial charge on any atom is 0.0971 e. The van der Waals surface area contributed by atoms with Gasteiger partial charge in [0.1, 0.15) is 0 Å². The van der Waals surface area contributed by atoms with Crippen molar-refractivity contribution in [1.29, 1.82) is 0 Å². The molecule has 0 spiro atoms. The molecule has 7 rings (SSSR count). The Hall–Kier alpha value is -5.22. The zero-order valence-corrected chi connectivity index (χ0v) is 20.5. The molecular formula is C34H22N4. The second-order valence-corrected chi connectivity index (χ2v) is 9.12. The molecule has 0 aliphatic carbocycles. The van der Waals surface area contributed by atoms with E-state index in [1.54, 1.807) is 0 Å². The third kappa shape index (κ3) is 3.89. The van der Waals surface area contributed by atoms with Crippen molar-refractivity contribution in [1.82, 2.24) is 19.9 Å². The first kappa shape index (κ1) is 22.0. The van der Waals surface area contributed by atoms with Crippen molar-refractivity contribution >= 4 is 21.8 Å². The van der Waals surface area contributed by atoms with Crippen molar-refractivity contribution in [2.24, 2.45) is 0 Å². The van der Waals surface area contributed by atoms with Gasteiger partial charge in [0.05, 0.1) is 33.8 Å². The van der Waals surface area contributed by atoms with E-state index in [2.05, 4.69) is 48.5 Å². The van der Waals surface area contributed by atoms with Gasteiger partial charge in [0.2, 0.25) is 0 Å². The number of benzene rings is 3. The van der Waals surface area contributed by atoms with Crippen LogP contribution in [-0.4, -0.2) is 19.9 Å². The van der Waals surface area contributed by atoms with Crippen molar-refractivity contribution in [2.45, 2.75) is 0 Å². The predicted molar refractivity (Wildman–Crippen MR) is 154 cm³/mol. The molecule has 4 aromatic heterocycles. The number of aromatic nitrogens is 4. The molecule has 7 aromatic rings. The highest BCUT2D eigenvalue weighted by molar-refractivity contribution is 6.11. The topological polar surface area (TPSA) is 51.6 Å². The highest BCUT2D eigenvalue weighted by Crippen LogP contribution is 2.35. The predicted octanol–water partition coefficient (Wildman–Crippen LogP) is 8.24. The number of hydrogen-bond acceptors (Lipinski definition) is 4. The molecule has 0 aliphatic rings. The fraction of sp³-hybridized carbons (Fsp3) is 0. The second kappa shape index (κ2) is 9.34. The Morgan fingerprint density at radius 2 is 0.763 bits per heavy atom. The summed E-state index contributed by atoms with van der Waals surface area (Å²) < 4.78 is 0. The van der Waals surface area contributed by atoms with E-state index in [4.69, 9.17) is 19.9 Å². The van der Waals surface area contributed by atoms with Crippen molar-refractivity contribution in [2.75, 3.05) is 0 Å². The minimum Gasteiger partial charge on any atom is -0.254 e. The minimum absolute atomic E-state index is 0.855. The van der Waals surface area contributed by atoms with E-state index >= 15 is 0 Å². The Kier molecular flexibility index (Phi) is 5.41. The molecule has 0 fully saturated rings. The lowest BCUT2D eigenvalue weighted by atomic mass is 9.99. The summed E-state index contributed by atoms with van der Waals surface area (Å²) in [6.45, 7) is 0. The Bertz CT molecular complexity index is 1770. The molecule has 0 saturated heterocycles. The van der Waals surface area contributed by atoms with Gasteiger partial charge < -0.3 is 0 Å². The van der Waals surface area contributed by atoms with Crippen LogP contribution >= 0.6 is 0 Å². The zero-order chi connectivity index (χ0) is 25.3. The summed E-state index contributed by atoms with van der Waals surface area (Å²) in [5.41, 5.74) is 9.66. The fourth-order valence-electron chi connectivity index (χ4n) is 4.98. The van der Waals surface area contributed by atoms with Crippen LogP contribution in [0.2, 0.25) is 0 Å². The molecule has 0 bridgehead atoms. The van der Waals surface area contributed by atoms with Crippen LogP contribution < -0.4 is 0 Å². The normalized spacial score (nSPS) is 11.2. The molecule has 4 nitrogen and oxygen atoms in total. The van der Waals surface area contributed by atoms with Crippen LogP contribution in [0.15, 0.2) is 134 Å². The lowest BCUT2D eigenvalue weighted by Crippen LogP contribution is -1.93. The quantitative estimate of drug-likeness (QED) is 0.235. The summed E-state index contributed by atoms with van der Waals surface area (Å²) in [7, 11) is 0. The van der Waals surface area contributed by atoms with Crippen molar-refractivity contribution in [3.8, 4) is 45.0 Å². The summed E-state index contributed by atoms with van der Waals surface area (Å²) in [6.07, 6.45) is 3.69. The molecule has 4 heterocycles. The highest BCUT2D eigenvalue weighted by Gasteiger charge is 2.14. The van der Waals surface area contributed by atoms with Gasteiger partial charge in [-0.1, -0.05) is 84.9 Å². The average molecular weight is 487 g/mol. The van der Waals surface area contributed by atoms with Crippen LogP contribution in [0.3, 0.4) is 0 Å². The van der Waals surface area contributed by atoms with Crippen LogP contribution in [0.5, 0.6) is 0 Å². The standard InChI is InChI=1S/C34H22N4/c1-3-9-23(10-4-1)29-13-7-15-31(37-29)25-19-21-35-33-27(25)17-18-28-26(20-22-36-34(28)33)32-16-8-14-30(38-32)24-11-5-2-6-12-24/h1-22H. The molecule has 4 heteroatoms. The van der Waals surface area contributed by atoms with Gasteiger partial charge in [-0.3, -0.25) is 9.97 Å². The Morgan fingerprint density at radius 1 is 0.342 bits per heavy atom. The average Bonchev–Trinajstić information content (AvgIpc) is 3.01. The van der Waals surface area contributed by atoms with Crippen LogP contribution in [-0.2, 0) is 0 Å². The Balaban J connectivity index is 1.37. The van der Waals surface area contributed by atoms with E-state index in [1.807, 2.05) is 85.2 Å². The Morgan fingerprint density at radius 3 is 1.21 bits per heavy atom. The van der Waals surface area contributed by atoms with Gasteiger partial charge in [0.25, 0.3) is 0 Å². The van der Waals surface area contributed by atoms with Gasteiger partial charge in [0.15, 0.2) is 0 Å². The largest absolute Gasteiger partial charge is 0.254 e.